The van der Waals surface area contributed by atoms with Gasteiger partial charge in [-0.3, -0.25) is 4.79 Å². The normalized spacial score (nSPS) is 11.6. The first-order valence-corrected chi connectivity index (χ1v) is 11.3. The fourth-order valence-electron chi connectivity index (χ4n) is 2.81. The number of imidazole rings is 1. The number of aromatic nitrogens is 2. The van der Waals surface area contributed by atoms with Gasteiger partial charge in [0.1, 0.15) is 10.0 Å². The summed E-state index contributed by atoms with van der Waals surface area (Å²) < 4.78 is 26.7. The van der Waals surface area contributed by atoms with E-state index in [1.165, 1.54) is 6.07 Å². The second kappa shape index (κ2) is 8.16. The molecule has 0 saturated heterocycles. The molecule has 0 unspecified atom stereocenters. The predicted octanol–water partition coefficient (Wildman–Crippen LogP) is 3.60. The maximum atomic E-state index is 12.1. The summed E-state index contributed by atoms with van der Waals surface area (Å²) in [5.74, 6) is 0.488. The molecule has 2 aromatic carbocycles. The van der Waals surface area contributed by atoms with Gasteiger partial charge in [0, 0.05) is 24.2 Å². The Bertz CT molecular complexity index is 1200. The number of H-pyrrole nitrogens is 1. The monoisotopic (exact) mass is 426 g/mol. The van der Waals surface area contributed by atoms with Crippen LogP contribution in [0.3, 0.4) is 0 Å². The van der Waals surface area contributed by atoms with Gasteiger partial charge in [-0.2, -0.15) is 0 Å². The molecule has 1 amide bonds. The first-order chi connectivity index (χ1) is 14.0. The number of fused-ring (bicyclic) bond motifs is 1. The molecule has 4 aromatic rings. The standard InChI is InChI=1S/C20H18N4O3S2/c25-18(11-12-21-29(26,27)19-6-3-13-28-19)22-15-9-7-14(8-10-15)20-23-16-4-1-2-5-17(16)24-20/h1-10,13,21H,11-12H2,(H,22,25)(H,23,24). The van der Waals surface area contributed by atoms with Crippen LogP contribution >= 0.6 is 11.3 Å². The number of benzene rings is 2. The van der Waals surface area contributed by atoms with Crippen LogP contribution in [0.5, 0.6) is 0 Å². The van der Waals surface area contributed by atoms with Crippen molar-refractivity contribution < 1.29 is 13.2 Å². The quantitative estimate of drug-likeness (QED) is 0.420. The zero-order valence-electron chi connectivity index (χ0n) is 15.3. The van der Waals surface area contributed by atoms with E-state index in [4.69, 9.17) is 0 Å². The van der Waals surface area contributed by atoms with Crippen molar-refractivity contribution in [1.29, 1.82) is 0 Å². The lowest BCUT2D eigenvalue weighted by molar-refractivity contribution is -0.116. The fourth-order valence-corrected chi connectivity index (χ4v) is 4.88. The minimum Gasteiger partial charge on any atom is -0.338 e. The molecule has 0 fully saturated rings. The lowest BCUT2D eigenvalue weighted by Crippen LogP contribution is -2.27. The summed E-state index contributed by atoms with van der Waals surface area (Å²) in [5.41, 5.74) is 3.40. The van der Waals surface area contributed by atoms with E-state index in [1.54, 1.807) is 23.6 Å². The minimum absolute atomic E-state index is 0.0309. The molecule has 0 aliphatic rings. The largest absolute Gasteiger partial charge is 0.338 e. The van der Waals surface area contributed by atoms with Gasteiger partial charge >= 0.3 is 0 Å². The van der Waals surface area contributed by atoms with E-state index in [1.807, 2.05) is 36.4 Å². The Morgan fingerprint density at radius 1 is 1.03 bits per heavy atom. The number of nitrogens with zero attached hydrogens (tertiary/aromatic N) is 1. The van der Waals surface area contributed by atoms with Crippen molar-refractivity contribution in [3.05, 3.63) is 66.0 Å². The van der Waals surface area contributed by atoms with E-state index in [0.717, 1.165) is 33.8 Å². The Kier molecular flexibility index (Phi) is 5.43. The van der Waals surface area contributed by atoms with Crippen molar-refractivity contribution in [2.24, 2.45) is 0 Å². The van der Waals surface area contributed by atoms with Gasteiger partial charge in [-0.05, 0) is 47.8 Å². The second-order valence-corrected chi connectivity index (χ2v) is 9.25. The maximum Gasteiger partial charge on any atom is 0.250 e. The molecule has 0 aliphatic carbocycles. The molecule has 9 heteroatoms. The number of sulfonamides is 1. The number of anilines is 1. The zero-order valence-corrected chi connectivity index (χ0v) is 16.9. The summed E-state index contributed by atoms with van der Waals surface area (Å²) in [4.78, 5) is 19.9. The van der Waals surface area contributed by atoms with Crippen molar-refractivity contribution in [2.45, 2.75) is 10.6 Å². The molecule has 2 heterocycles. The van der Waals surface area contributed by atoms with E-state index in [2.05, 4.69) is 20.0 Å². The lowest BCUT2D eigenvalue weighted by Gasteiger charge is -2.07. The van der Waals surface area contributed by atoms with Crippen LogP contribution in [0.1, 0.15) is 6.42 Å². The molecule has 0 atom stereocenters. The van der Waals surface area contributed by atoms with Crippen LogP contribution in [0.4, 0.5) is 5.69 Å². The summed E-state index contributed by atoms with van der Waals surface area (Å²) in [7, 11) is -3.55. The molecular weight excluding hydrogens is 408 g/mol. The fraction of sp³-hybridized carbons (Fsp3) is 0.100. The van der Waals surface area contributed by atoms with E-state index in [-0.39, 0.29) is 23.1 Å². The summed E-state index contributed by atoms with van der Waals surface area (Å²) in [5, 5.41) is 4.46. The predicted molar refractivity (Wildman–Crippen MR) is 114 cm³/mol. The number of rotatable bonds is 7. The number of amides is 1. The van der Waals surface area contributed by atoms with Crippen LogP contribution < -0.4 is 10.0 Å². The molecule has 0 saturated carbocycles. The van der Waals surface area contributed by atoms with E-state index >= 15 is 0 Å². The molecule has 3 N–H and O–H groups in total. The van der Waals surface area contributed by atoms with Crippen molar-refractivity contribution >= 4 is 44.0 Å². The number of carbonyl (C=O) groups is 1. The van der Waals surface area contributed by atoms with Gasteiger partial charge < -0.3 is 10.3 Å². The first kappa shape index (κ1) is 19.3. The van der Waals surface area contributed by atoms with Gasteiger partial charge in [0.25, 0.3) is 0 Å². The Balaban J connectivity index is 1.33. The van der Waals surface area contributed by atoms with Gasteiger partial charge in [0.05, 0.1) is 11.0 Å². The number of nitrogens with one attached hydrogen (secondary N) is 3. The lowest BCUT2D eigenvalue weighted by atomic mass is 10.2. The Labute approximate surface area is 171 Å². The maximum absolute atomic E-state index is 12.1. The van der Waals surface area contributed by atoms with Crippen LogP contribution in [0.15, 0.2) is 70.3 Å². The average molecular weight is 427 g/mol. The number of hydrogen-bond donors (Lipinski definition) is 3. The second-order valence-electron chi connectivity index (χ2n) is 6.31. The average Bonchev–Trinajstić information content (AvgIpc) is 3.39. The summed E-state index contributed by atoms with van der Waals surface area (Å²) in [6, 6.07) is 18.3. The van der Waals surface area contributed by atoms with Gasteiger partial charge in [-0.15, -0.1) is 11.3 Å². The first-order valence-electron chi connectivity index (χ1n) is 8.89. The zero-order chi connectivity index (χ0) is 20.3. The Hall–Kier alpha value is -3.01. The molecule has 7 nitrogen and oxygen atoms in total. The molecular formula is C20H18N4O3S2. The summed E-state index contributed by atoms with van der Waals surface area (Å²) in [6.45, 7) is 0.0309. The highest BCUT2D eigenvalue weighted by molar-refractivity contribution is 7.91. The molecule has 0 bridgehead atoms. The minimum atomic E-state index is -3.55. The number of carbonyl (C=O) groups excluding carboxylic acids is 1. The van der Waals surface area contributed by atoms with Crippen LogP contribution in [0.25, 0.3) is 22.4 Å². The van der Waals surface area contributed by atoms with Gasteiger partial charge in [-0.1, -0.05) is 18.2 Å². The highest BCUT2D eigenvalue weighted by Crippen LogP contribution is 2.22. The SMILES string of the molecule is O=C(CCNS(=O)(=O)c1cccs1)Nc1ccc(-c2nc3ccccc3[nH]2)cc1. The van der Waals surface area contributed by atoms with Crippen molar-refractivity contribution in [3.63, 3.8) is 0 Å². The van der Waals surface area contributed by atoms with Gasteiger partial charge in [0.15, 0.2) is 0 Å². The third kappa shape index (κ3) is 4.53. The molecule has 148 valence electrons. The van der Waals surface area contributed by atoms with Crippen molar-refractivity contribution in [2.75, 3.05) is 11.9 Å². The summed E-state index contributed by atoms with van der Waals surface area (Å²) >= 11 is 1.13. The molecule has 0 radical (unpaired) electrons. The summed E-state index contributed by atoms with van der Waals surface area (Å²) in [6.07, 6.45) is 0.0376. The third-order valence-electron chi connectivity index (χ3n) is 4.24. The van der Waals surface area contributed by atoms with Crippen LogP contribution in [0.2, 0.25) is 0 Å². The number of hydrogen-bond acceptors (Lipinski definition) is 5. The highest BCUT2D eigenvalue weighted by atomic mass is 32.2. The van der Waals surface area contributed by atoms with E-state index in [0.29, 0.717) is 5.69 Å². The molecule has 2 aromatic heterocycles. The Morgan fingerprint density at radius 2 is 1.83 bits per heavy atom. The van der Waals surface area contributed by atoms with Gasteiger partial charge in [0.2, 0.25) is 15.9 Å². The number of aromatic amines is 1. The molecule has 0 aliphatic heterocycles. The molecule has 4 rings (SSSR count). The van der Waals surface area contributed by atoms with Crippen LogP contribution in [0, 0.1) is 0 Å². The van der Waals surface area contributed by atoms with E-state index in [9.17, 15) is 13.2 Å². The van der Waals surface area contributed by atoms with Crippen LogP contribution in [-0.4, -0.2) is 30.8 Å². The molecule has 29 heavy (non-hydrogen) atoms. The topological polar surface area (TPSA) is 104 Å². The smallest absolute Gasteiger partial charge is 0.250 e. The van der Waals surface area contributed by atoms with E-state index < -0.39 is 10.0 Å². The highest BCUT2D eigenvalue weighted by Gasteiger charge is 2.15. The Morgan fingerprint density at radius 3 is 2.55 bits per heavy atom. The molecule has 0 spiro atoms. The van der Waals surface area contributed by atoms with Crippen molar-refractivity contribution in [3.8, 4) is 11.4 Å². The number of thiophene rings is 1. The van der Waals surface area contributed by atoms with Gasteiger partial charge in [-0.25, -0.2) is 18.1 Å². The third-order valence-corrected chi connectivity index (χ3v) is 7.09. The number of para-hydroxylation sites is 2. The van der Waals surface area contributed by atoms with Crippen molar-refractivity contribution in [1.82, 2.24) is 14.7 Å². The van der Waals surface area contributed by atoms with Crippen LogP contribution in [-0.2, 0) is 14.8 Å².